The van der Waals surface area contributed by atoms with Crippen molar-refractivity contribution in [3.8, 4) is 0 Å². The van der Waals surface area contributed by atoms with E-state index in [1.165, 1.54) is 0 Å². The zero-order valence-corrected chi connectivity index (χ0v) is 9.03. The molecule has 105 valence electrons. The average Bonchev–Trinajstić information content (AvgIpc) is 2.27. The summed E-state index contributed by atoms with van der Waals surface area (Å²) < 4.78 is 0. The highest BCUT2D eigenvalue weighted by Gasteiger charge is 2.82. The van der Waals surface area contributed by atoms with Crippen molar-refractivity contribution >= 4 is 0 Å². The highest BCUT2D eigenvalue weighted by molar-refractivity contribution is 4.78. The molecule has 0 atom stereocenters. The van der Waals surface area contributed by atoms with Crippen LogP contribution in [0, 0.1) is 40.5 Å². The second-order valence-electron chi connectivity index (χ2n) is 3.73. The van der Waals surface area contributed by atoms with E-state index >= 15 is 0 Å². The molecular weight excluding hydrogens is 274 g/mol. The Bertz CT molecular complexity index is 394. The number of rotatable bonds is 4. The van der Waals surface area contributed by atoms with E-state index < -0.39 is 55.6 Å². The molecule has 1 heterocycles. The van der Waals surface area contributed by atoms with Gasteiger partial charge in [-0.3, -0.25) is 40.5 Å². The molecule has 1 aliphatic rings. The Kier molecular flexibility index (Phi) is 3.32. The summed E-state index contributed by atoms with van der Waals surface area (Å²) in [6.45, 7) is 0. The smallest absolute Gasteiger partial charge is 0.257 e. The van der Waals surface area contributed by atoms with Gasteiger partial charge in [0.15, 0.2) is 0 Å². The van der Waals surface area contributed by atoms with E-state index in [0.717, 1.165) is 0 Å². The van der Waals surface area contributed by atoms with Crippen LogP contribution in [0.5, 0.6) is 0 Å². The maximum atomic E-state index is 11.7. The lowest BCUT2D eigenvalue weighted by Gasteiger charge is -2.30. The minimum atomic E-state index is -3.63. The van der Waals surface area contributed by atoms with Gasteiger partial charge < -0.3 is 0 Å². The van der Waals surface area contributed by atoms with E-state index in [1.807, 2.05) is 0 Å². The highest BCUT2D eigenvalue weighted by Crippen LogP contribution is 2.39. The molecule has 0 aromatic carbocycles. The zero-order chi connectivity index (χ0) is 15.0. The molecule has 1 saturated heterocycles. The highest BCUT2D eigenvalue weighted by atomic mass is 16.7. The summed E-state index contributed by atoms with van der Waals surface area (Å²) in [5.41, 5.74) is 0. The van der Waals surface area contributed by atoms with Gasteiger partial charge in [-0.15, -0.1) is 0 Å². The van der Waals surface area contributed by atoms with Crippen molar-refractivity contribution in [1.29, 1.82) is 0 Å². The SMILES string of the molecule is [O]N1C([N+](=O)[O-])([N+](=O)[O-])CCCC1([N+](=O)[O-])[N+](=O)[O-]. The Morgan fingerprint density at radius 3 is 1.21 bits per heavy atom. The van der Waals surface area contributed by atoms with Gasteiger partial charge in [-0.2, -0.15) is 0 Å². The molecule has 0 N–H and O–H groups in total. The summed E-state index contributed by atoms with van der Waals surface area (Å²) in [6.07, 6.45) is -2.50. The predicted molar refractivity (Wildman–Crippen MR) is 49.8 cm³/mol. The van der Waals surface area contributed by atoms with E-state index in [4.69, 9.17) is 0 Å². The van der Waals surface area contributed by atoms with Gasteiger partial charge in [0.2, 0.25) is 0 Å². The van der Waals surface area contributed by atoms with Crippen molar-refractivity contribution in [2.24, 2.45) is 0 Å². The van der Waals surface area contributed by atoms with Gasteiger partial charge in [-0.1, -0.05) is 5.21 Å². The number of hydrogen-bond donors (Lipinski definition) is 0. The number of nitrogens with zero attached hydrogens (tertiary/aromatic N) is 5. The topological polar surface area (TPSA) is 196 Å². The van der Waals surface area contributed by atoms with Crippen LogP contribution in [0.2, 0.25) is 0 Å². The Balaban J connectivity index is 3.50. The summed E-state index contributed by atoms with van der Waals surface area (Å²) in [5.74, 6) is -7.25. The maximum Gasteiger partial charge on any atom is 0.558 e. The first-order chi connectivity index (χ1) is 8.64. The van der Waals surface area contributed by atoms with Crippen LogP contribution in [0.3, 0.4) is 0 Å². The molecule has 0 amide bonds. The van der Waals surface area contributed by atoms with Crippen LogP contribution in [0.4, 0.5) is 0 Å². The molecular formula is C5H6N5O9. The van der Waals surface area contributed by atoms with Crippen LogP contribution in [-0.2, 0) is 5.21 Å². The average molecular weight is 280 g/mol. The van der Waals surface area contributed by atoms with Crippen LogP contribution in [0.25, 0.3) is 0 Å². The Labute approximate surface area is 102 Å². The van der Waals surface area contributed by atoms with Crippen LogP contribution >= 0.6 is 0 Å². The van der Waals surface area contributed by atoms with E-state index in [2.05, 4.69) is 0 Å². The fourth-order valence-electron chi connectivity index (χ4n) is 1.85. The lowest BCUT2D eigenvalue weighted by molar-refractivity contribution is -0.928. The lowest BCUT2D eigenvalue weighted by Crippen LogP contribution is -2.73. The summed E-state index contributed by atoms with van der Waals surface area (Å²) >= 11 is 0. The summed E-state index contributed by atoms with van der Waals surface area (Å²) in [6, 6.07) is 0. The molecule has 0 unspecified atom stereocenters. The van der Waals surface area contributed by atoms with Crippen LogP contribution in [0.15, 0.2) is 0 Å². The molecule has 0 spiro atoms. The van der Waals surface area contributed by atoms with Gasteiger partial charge in [-0.05, 0) is 6.42 Å². The molecule has 0 aliphatic carbocycles. The zero-order valence-electron chi connectivity index (χ0n) is 9.03. The molecule has 14 nitrogen and oxygen atoms in total. The third-order valence-electron chi connectivity index (χ3n) is 2.84. The van der Waals surface area contributed by atoms with Crippen LogP contribution in [0.1, 0.15) is 19.3 Å². The summed E-state index contributed by atoms with van der Waals surface area (Å²) in [4.78, 5) is 36.3. The second-order valence-corrected chi connectivity index (χ2v) is 3.73. The normalized spacial score (nSPS) is 21.5. The molecule has 14 heteroatoms. The van der Waals surface area contributed by atoms with Gasteiger partial charge in [0.1, 0.15) is 37.6 Å². The number of nitro groups is 4. The molecule has 1 rings (SSSR count). The van der Waals surface area contributed by atoms with Crippen molar-refractivity contribution in [2.45, 2.75) is 30.8 Å². The molecule has 19 heavy (non-hydrogen) atoms. The third-order valence-corrected chi connectivity index (χ3v) is 2.84. The molecule has 0 aromatic rings. The number of hydroxylamine groups is 2. The van der Waals surface area contributed by atoms with Gasteiger partial charge in [-0.25, -0.2) is 0 Å². The quantitative estimate of drug-likeness (QED) is 0.360. The van der Waals surface area contributed by atoms with Gasteiger partial charge in [0.05, 0.1) is 0 Å². The molecule has 0 bridgehead atoms. The van der Waals surface area contributed by atoms with Crippen LogP contribution in [-0.4, -0.2) is 36.3 Å². The van der Waals surface area contributed by atoms with Gasteiger partial charge in [0, 0.05) is 0 Å². The lowest BCUT2D eigenvalue weighted by atomic mass is 9.99. The standard InChI is InChI=1S/C5H6N5O9/c11-6-4(7(12)13,8(14)15)2-1-3-5(6,9(16)17)10(18)19/h1-3H2. The third kappa shape index (κ3) is 1.65. The van der Waals surface area contributed by atoms with Gasteiger partial charge >= 0.3 is 11.6 Å². The monoisotopic (exact) mass is 280 g/mol. The van der Waals surface area contributed by atoms with E-state index in [0.29, 0.717) is 0 Å². The Morgan fingerprint density at radius 2 is 1.00 bits per heavy atom. The van der Waals surface area contributed by atoms with Crippen molar-refractivity contribution in [3.63, 3.8) is 0 Å². The molecule has 1 fully saturated rings. The first kappa shape index (κ1) is 14.6. The fourth-order valence-corrected chi connectivity index (χ4v) is 1.85. The second kappa shape index (κ2) is 4.32. The first-order valence-electron chi connectivity index (χ1n) is 4.69. The largest absolute Gasteiger partial charge is 0.558 e. The Morgan fingerprint density at radius 1 is 0.737 bits per heavy atom. The van der Waals surface area contributed by atoms with Crippen molar-refractivity contribution in [2.75, 3.05) is 0 Å². The molecule has 0 aromatic heterocycles. The fraction of sp³-hybridized carbons (Fsp3) is 1.00. The van der Waals surface area contributed by atoms with Gasteiger partial charge in [0.25, 0.3) is 0 Å². The van der Waals surface area contributed by atoms with Crippen LogP contribution < -0.4 is 0 Å². The molecule has 1 aliphatic heterocycles. The Hall–Kier alpha value is -2.48. The summed E-state index contributed by atoms with van der Waals surface area (Å²) in [5, 5.41) is 53.4. The van der Waals surface area contributed by atoms with Crippen molar-refractivity contribution < 1.29 is 24.9 Å². The van der Waals surface area contributed by atoms with E-state index in [-0.39, 0.29) is 0 Å². The van der Waals surface area contributed by atoms with Crippen molar-refractivity contribution in [3.05, 3.63) is 40.5 Å². The number of hydrogen-bond acceptors (Lipinski definition) is 9. The predicted octanol–water partition coefficient (Wildman–Crippen LogP) is -0.768. The minimum absolute atomic E-state index is 0.581. The van der Waals surface area contributed by atoms with Crippen molar-refractivity contribution in [1.82, 2.24) is 5.06 Å². The first-order valence-corrected chi connectivity index (χ1v) is 4.69. The number of piperidine rings is 1. The minimum Gasteiger partial charge on any atom is -0.257 e. The summed E-state index contributed by atoms with van der Waals surface area (Å²) in [7, 11) is 0. The molecule has 0 saturated carbocycles. The maximum absolute atomic E-state index is 11.7. The molecule has 1 radical (unpaired) electrons. The van der Waals surface area contributed by atoms with E-state index in [1.54, 1.807) is 0 Å². The van der Waals surface area contributed by atoms with E-state index in [9.17, 15) is 45.7 Å².